The molecule has 3 N–H and O–H groups in total. The van der Waals surface area contributed by atoms with Gasteiger partial charge in [-0.3, -0.25) is 9.59 Å². The fourth-order valence-corrected chi connectivity index (χ4v) is 4.00. The minimum Gasteiger partial charge on any atom is -0.444 e. The summed E-state index contributed by atoms with van der Waals surface area (Å²) in [7, 11) is 0. The van der Waals surface area contributed by atoms with Crippen molar-refractivity contribution < 1.29 is 38.1 Å². The molecule has 43 heavy (non-hydrogen) atoms. The standard InChI is InChI=1S/C32H63N3O8/c1-5-6-7-8-9-10-11-12-13-14-15-16-29(36)33-18-22-40-27-28-41-23-19-34-30(37)17-21-39-25-26-42-24-20-35-31(38)43-32(2,3)4/h5-28H2,1-4H3,(H,33,36)(H,34,37)(H,35,38). The van der Waals surface area contributed by atoms with Gasteiger partial charge in [-0.15, -0.1) is 0 Å². The number of hydrogen-bond acceptors (Lipinski definition) is 8. The highest BCUT2D eigenvalue weighted by Gasteiger charge is 2.15. The molecule has 0 spiro atoms. The monoisotopic (exact) mass is 617 g/mol. The maximum atomic E-state index is 11.9. The average Bonchev–Trinajstić information content (AvgIpc) is 2.95. The van der Waals surface area contributed by atoms with Gasteiger partial charge in [0.25, 0.3) is 0 Å². The van der Waals surface area contributed by atoms with E-state index in [1.807, 2.05) is 0 Å². The van der Waals surface area contributed by atoms with Crippen LogP contribution in [0.5, 0.6) is 0 Å². The molecule has 0 aromatic carbocycles. The molecule has 11 nitrogen and oxygen atoms in total. The van der Waals surface area contributed by atoms with Crippen LogP contribution in [-0.2, 0) is 33.3 Å². The molecule has 254 valence electrons. The van der Waals surface area contributed by atoms with Gasteiger partial charge in [-0.2, -0.15) is 0 Å². The van der Waals surface area contributed by atoms with Gasteiger partial charge in [-0.05, 0) is 27.2 Å². The molecule has 0 rings (SSSR count). The van der Waals surface area contributed by atoms with E-state index in [2.05, 4.69) is 22.9 Å². The molecule has 0 heterocycles. The molecule has 0 saturated heterocycles. The van der Waals surface area contributed by atoms with E-state index < -0.39 is 11.7 Å². The molecule has 11 heteroatoms. The lowest BCUT2D eigenvalue weighted by Gasteiger charge is -2.19. The van der Waals surface area contributed by atoms with Crippen molar-refractivity contribution in [2.45, 2.75) is 117 Å². The van der Waals surface area contributed by atoms with Crippen molar-refractivity contribution in [2.75, 3.05) is 72.5 Å². The molecule has 0 aliphatic heterocycles. The summed E-state index contributed by atoms with van der Waals surface area (Å²) in [5.41, 5.74) is -0.527. The molecule has 0 fully saturated rings. The molecule has 0 aromatic heterocycles. The normalized spacial score (nSPS) is 11.3. The SMILES string of the molecule is CCCCCCCCCCCCCC(=O)NCCOCCOCCNC(=O)CCOCCOCCNC(=O)OC(C)(C)C. The van der Waals surface area contributed by atoms with Crippen molar-refractivity contribution in [3.8, 4) is 0 Å². The summed E-state index contributed by atoms with van der Waals surface area (Å²) < 4.78 is 26.8. The number of amides is 3. The summed E-state index contributed by atoms with van der Waals surface area (Å²) >= 11 is 0. The number of alkyl carbamates (subject to hydrolysis) is 1. The Bertz CT molecular complexity index is 673. The van der Waals surface area contributed by atoms with Crippen LogP contribution in [0.3, 0.4) is 0 Å². The molecule has 0 saturated carbocycles. The van der Waals surface area contributed by atoms with Crippen molar-refractivity contribution in [2.24, 2.45) is 0 Å². The van der Waals surface area contributed by atoms with Gasteiger partial charge >= 0.3 is 6.09 Å². The smallest absolute Gasteiger partial charge is 0.407 e. The Balaban J connectivity index is 3.31. The summed E-state index contributed by atoms with van der Waals surface area (Å²) in [6, 6.07) is 0. The second kappa shape index (κ2) is 30.1. The maximum absolute atomic E-state index is 11.9. The summed E-state index contributed by atoms with van der Waals surface area (Å²) in [5, 5.41) is 8.29. The zero-order valence-corrected chi connectivity index (χ0v) is 27.7. The van der Waals surface area contributed by atoms with Gasteiger partial charge in [0, 0.05) is 32.5 Å². The third-order valence-corrected chi connectivity index (χ3v) is 6.28. The van der Waals surface area contributed by atoms with Gasteiger partial charge < -0.3 is 39.6 Å². The second-order valence-electron chi connectivity index (χ2n) is 11.6. The van der Waals surface area contributed by atoms with Gasteiger partial charge in [0.1, 0.15) is 5.60 Å². The van der Waals surface area contributed by atoms with Crippen LogP contribution in [0.4, 0.5) is 4.79 Å². The summed E-state index contributed by atoms with van der Waals surface area (Å²) in [6.07, 6.45) is 14.4. The summed E-state index contributed by atoms with van der Waals surface area (Å²) in [6.45, 7) is 12.1. The molecule has 3 amide bonds. The fourth-order valence-electron chi connectivity index (χ4n) is 4.00. The van der Waals surface area contributed by atoms with Crippen LogP contribution in [0, 0.1) is 0 Å². The Hall–Kier alpha value is -1.95. The highest BCUT2D eigenvalue weighted by molar-refractivity contribution is 5.76. The minimum absolute atomic E-state index is 0.0925. The quantitative estimate of drug-likeness (QED) is 0.0970. The first kappa shape index (κ1) is 41.0. The molecule has 0 atom stereocenters. The Labute approximate surface area is 261 Å². The van der Waals surface area contributed by atoms with Crippen LogP contribution in [-0.4, -0.2) is 96.0 Å². The van der Waals surface area contributed by atoms with E-state index in [4.69, 9.17) is 23.7 Å². The van der Waals surface area contributed by atoms with Crippen molar-refractivity contribution >= 4 is 17.9 Å². The number of nitrogens with one attached hydrogen (secondary N) is 3. The van der Waals surface area contributed by atoms with E-state index in [9.17, 15) is 14.4 Å². The van der Waals surface area contributed by atoms with E-state index in [1.165, 1.54) is 57.8 Å². The zero-order valence-electron chi connectivity index (χ0n) is 27.7. The number of carbonyl (C=O) groups excluding carboxylic acids is 3. The maximum Gasteiger partial charge on any atom is 0.407 e. The molecule has 0 aliphatic carbocycles. The highest BCUT2D eigenvalue weighted by Crippen LogP contribution is 2.12. The number of hydrogen-bond donors (Lipinski definition) is 3. The first-order valence-electron chi connectivity index (χ1n) is 16.6. The third-order valence-electron chi connectivity index (χ3n) is 6.28. The molecular weight excluding hydrogens is 554 g/mol. The number of rotatable bonds is 30. The highest BCUT2D eigenvalue weighted by atomic mass is 16.6. The lowest BCUT2D eigenvalue weighted by Crippen LogP contribution is -2.34. The Morgan fingerprint density at radius 1 is 0.488 bits per heavy atom. The lowest BCUT2D eigenvalue weighted by atomic mass is 10.1. The summed E-state index contributed by atoms with van der Waals surface area (Å²) in [4.78, 5) is 35.2. The van der Waals surface area contributed by atoms with Crippen molar-refractivity contribution in [3.05, 3.63) is 0 Å². The molecule has 0 radical (unpaired) electrons. The Kier molecular flexibility index (Phi) is 28.7. The Morgan fingerprint density at radius 3 is 1.35 bits per heavy atom. The lowest BCUT2D eigenvalue weighted by molar-refractivity contribution is -0.123. The van der Waals surface area contributed by atoms with Crippen LogP contribution in [0.2, 0.25) is 0 Å². The van der Waals surface area contributed by atoms with Gasteiger partial charge in [-0.1, -0.05) is 71.1 Å². The van der Waals surface area contributed by atoms with Gasteiger partial charge in [-0.25, -0.2) is 4.79 Å². The average molecular weight is 618 g/mol. The van der Waals surface area contributed by atoms with Crippen LogP contribution >= 0.6 is 0 Å². The van der Waals surface area contributed by atoms with Crippen molar-refractivity contribution in [1.82, 2.24) is 16.0 Å². The Morgan fingerprint density at radius 2 is 0.884 bits per heavy atom. The molecule has 0 bridgehead atoms. The largest absolute Gasteiger partial charge is 0.444 e. The van der Waals surface area contributed by atoms with Crippen LogP contribution in [0.1, 0.15) is 111 Å². The third kappa shape index (κ3) is 34.4. The van der Waals surface area contributed by atoms with Crippen molar-refractivity contribution in [3.63, 3.8) is 0 Å². The van der Waals surface area contributed by atoms with Crippen LogP contribution < -0.4 is 16.0 Å². The predicted octanol–water partition coefficient (Wildman–Crippen LogP) is 4.90. The first-order valence-corrected chi connectivity index (χ1v) is 16.6. The molecule has 0 unspecified atom stereocenters. The fraction of sp³-hybridized carbons (Fsp3) is 0.906. The number of unbranched alkanes of at least 4 members (excludes halogenated alkanes) is 10. The molecule has 0 aliphatic rings. The predicted molar refractivity (Wildman–Crippen MR) is 169 cm³/mol. The minimum atomic E-state index is -0.527. The number of carbonyl (C=O) groups is 3. The van der Waals surface area contributed by atoms with E-state index >= 15 is 0 Å². The molecular formula is C32H63N3O8. The van der Waals surface area contributed by atoms with Crippen molar-refractivity contribution in [1.29, 1.82) is 0 Å². The van der Waals surface area contributed by atoms with E-state index in [1.54, 1.807) is 20.8 Å². The van der Waals surface area contributed by atoms with Crippen LogP contribution in [0.25, 0.3) is 0 Å². The van der Waals surface area contributed by atoms with Crippen LogP contribution in [0.15, 0.2) is 0 Å². The van der Waals surface area contributed by atoms with E-state index in [0.717, 1.165) is 12.8 Å². The van der Waals surface area contributed by atoms with Gasteiger partial charge in [0.15, 0.2) is 0 Å². The number of ether oxygens (including phenoxy) is 5. The van der Waals surface area contributed by atoms with Gasteiger partial charge in [0.2, 0.25) is 11.8 Å². The molecule has 0 aromatic rings. The summed E-state index contributed by atoms with van der Waals surface area (Å²) in [5.74, 6) is -0.0128. The van der Waals surface area contributed by atoms with E-state index in [0.29, 0.717) is 78.9 Å². The topological polar surface area (TPSA) is 133 Å². The zero-order chi connectivity index (χ0) is 31.9. The first-order chi connectivity index (χ1) is 20.7. The second-order valence-corrected chi connectivity index (χ2v) is 11.6. The van der Waals surface area contributed by atoms with Gasteiger partial charge in [0.05, 0.1) is 52.9 Å². The van der Waals surface area contributed by atoms with E-state index in [-0.39, 0.29) is 18.2 Å².